The van der Waals surface area contributed by atoms with Gasteiger partial charge in [-0.25, -0.2) is 9.37 Å². The van der Waals surface area contributed by atoms with Crippen LogP contribution in [0, 0.1) is 5.82 Å². The normalized spacial score (nSPS) is 17.1. The van der Waals surface area contributed by atoms with Crippen LogP contribution >= 0.6 is 0 Å². The Kier molecular flexibility index (Phi) is 2.49. The van der Waals surface area contributed by atoms with E-state index in [1.54, 1.807) is 0 Å². The van der Waals surface area contributed by atoms with Crippen LogP contribution in [-0.4, -0.2) is 31.2 Å². The fourth-order valence-electron chi connectivity index (χ4n) is 1.58. The van der Waals surface area contributed by atoms with Gasteiger partial charge in [0, 0.05) is 32.2 Å². The number of nitrogens with one attached hydrogen (secondary N) is 1. The van der Waals surface area contributed by atoms with Gasteiger partial charge in [-0.05, 0) is 0 Å². The molecule has 1 saturated heterocycles. The van der Waals surface area contributed by atoms with Crippen molar-refractivity contribution in [3.05, 3.63) is 18.1 Å². The summed E-state index contributed by atoms with van der Waals surface area (Å²) in [4.78, 5) is 5.86. The minimum Gasteiger partial charge on any atom is -0.384 e. The summed E-state index contributed by atoms with van der Waals surface area (Å²) < 4.78 is 13.5. The average molecular weight is 196 g/mol. The molecule has 1 aliphatic heterocycles. The first-order valence-electron chi connectivity index (χ1n) is 4.64. The van der Waals surface area contributed by atoms with E-state index in [1.807, 2.05) is 4.90 Å². The van der Waals surface area contributed by atoms with Crippen molar-refractivity contribution in [1.82, 2.24) is 10.3 Å². The van der Waals surface area contributed by atoms with Gasteiger partial charge in [0.15, 0.2) is 5.82 Å². The third-order valence-corrected chi connectivity index (χ3v) is 2.31. The van der Waals surface area contributed by atoms with Crippen LogP contribution in [0.25, 0.3) is 0 Å². The number of nitrogens with two attached hydrogens (primary N) is 1. The lowest BCUT2D eigenvalue weighted by Crippen LogP contribution is -2.43. The predicted molar refractivity (Wildman–Crippen MR) is 53.7 cm³/mol. The van der Waals surface area contributed by atoms with Gasteiger partial charge in [-0.15, -0.1) is 0 Å². The molecule has 14 heavy (non-hydrogen) atoms. The SMILES string of the molecule is Nc1cc(F)c(N2CCNCC2)cn1. The maximum atomic E-state index is 13.5. The second-order valence-electron chi connectivity index (χ2n) is 3.30. The molecule has 3 N–H and O–H groups in total. The second-order valence-corrected chi connectivity index (χ2v) is 3.30. The molecule has 5 heteroatoms. The van der Waals surface area contributed by atoms with Crippen LogP contribution in [0.5, 0.6) is 0 Å². The van der Waals surface area contributed by atoms with Gasteiger partial charge in [-0.1, -0.05) is 0 Å². The molecule has 0 spiro atoms. The number of hydrogen-bond donors (Lipinski definition) is 2. The Bertz CT molecular complexity index is 323. The van der Waals surface area contributed by atoms with E-state index in [0.717, 1.165) is 26.2 Å². The van der Waals surface area contributed by atoms with Gasteiger partial charge in [0.05, 0.1) is 11.9 Å². The lowest BCUT2D eigenvalue weighted by molar-refractivity contribution is 0.565. The standard InChI is InChI=1S/C9H13FN4/c10-7-5-9(11)13-6-8(7)14-3-1-12-2-4-14/h5-6,12H,1-4H2,(H2,11,13). The topological polar surface area (TPSA) is 54.2 Å². The number of nitrogens with zero attached hydrogens (tertiary/aromatic N) is 2. The summed E-state index contributed by atoms with van der Waals surface area (Å²) in [5, 5.41) is 3.21. The van der Waals surface area contributed by atoms with Crippen molar-refractivity contribution < 1.29 is 4.39 Å². The molecule has 0 unspecified atom stereocenters. The highest BCUT2D eigenvalue weighted by Crippen LogP contribution is 2.19. The van der Waals surface area contributed by atoms with E-state index >= 15 is 0 Å². The van der Waals surface area contributed by atoms with Crippen LogP contribution < -0.4 is 16.0 Å². The Labute approximate surface area is 81.9 Å². The van der Waals surface area contributed by atoms with Crippen LogP contribution in [0.4, 0.5) is 15.9 Å². The number of hydrogen-bond acceptors (Lipinski definition) is 4. The monoisotopic (exact) mass is 196 g/mol. The van der Waals surface area contributed by atoms with Crippen molar-refractivity contribution in [2.75, 3.05) is 36.8 Å². The van der Waals surface area contributed by atoms with Gasteiger partial charge < -0.3 is 16.0 Å². The smallest absolute Gasteiger partial charge is 0.151 e. The zero-order valence-corrected chi connectivity index (χ0v) is 7.83. The number of nitrogen functional groups attached to an aromatic ring is 1. The van der Waals surface area contributed by atoms with Crippen LogP contribution in [0.1, 0.15) is 0 Å². The molecule has 0 amide bonds. The zero-order chi connectivity index (χ0) is 9.97. The molecule has 1 aliphatic rings. The number of aromatic nitrogens is 1. The van der Waals surface area contributed by atoms with Gasteiger partial charge in [0.1, 0.15) is 5.82 Å². The minimum absolute atomic E-state index is 0.224. The van der Waals surface area contributed by atoms with Gasteiger partial charge in [-0.2, -0.15) is 0 Å². The molecule has 1 fully saturated rings. The summed E-state index contributed by atoms with van der Waals surface area (Å²) in [6.07, 6.45) is 1.50. The van der Waals surface area contributed by atoms with Crippen molar-refractivity contribution in [2.24, 2.45) is 0 Å². The molecule has 0 saturated carbocycles. The third-order valence-electron chi connectivity index (χ3n) is 2.31. The lowest BCUT2D eigenvalue weighted by atomic mass is 10.3. The molecule has 2 heterocycles. The molecule has 1 aromatic rings. The predicted octanol–water partition coefficient (Wildman–Crippen LogP) is 0.212. The molecule has 0 bridgehead atoms. The Morgan fingerprint density at radius 2 is 2.14 bits per heavy atom. The van der Waals surface area contributed by atoms with Gasteiger partial charge >= 0.3 is 0 Å². The van der Waals surface area contributed by atoms with Crippen molar-refractivity contribution in [3.63, 3.8) is 0 Å². The Morgan fingerprint density at radius 3 is 2.79 bits per heavy atom. The summed E-state index contributed by atoms with van der Waals surface area (Å²) in [6, 6.07) is 1.26. The Balaban J connectivity index is 2.22. The number of halogens is 1. The fourth-order valence-corrected chi connectivity index (χ4v) is 1.58. The number of pyridine rings is 1. The van der Waals surface area contributed by atoms with Crippen LogP contribution in [0.3, 0.4) is 0 Å². The third kappa shape index (κ3) is 1.77. The Hall–Kier alpha value is -1.36. The largest absolute Gasteiger partial charge is 0.384 e. The second kappa shape index (κ2) is 3.79. The summed E-state index contributed by atoms with van der Waals surface area (Å²) in [5.74, 6) is -0.0687. The molecule has 0 aromatic carbocycles. The number of anilines is 2. The van der Waals surface area contributed by atoms with Crippen LogP contribution in [0.2, 0.25) is 0 Å². The lowest BCUT2D eigenvalue weighted by Gasteiger charge is -2.29. The molecule has 2 rings (SSSR count). The van der Waals surface area contributed by atoms with Crippen LogP contribution in [-0.2, 0) is 0 Å². The van der Waals surface area contributed by atoms with Crippen molar-refractivity contribution in [2.45, 2.75) is 0 Å². The molecule has 4 nitrogen and oxygen atoms in total. The number of rotatable bonds is 1. The van der Waals surface area contributed by atoms with Crippen molar-refractivity contribution in [1.29, 1.82) is 0 Å². The molecule has 76 valence electrons. The first-order chi connectivity index (χ1) is 6.77. The highest BCUT2D eigenvalue weighted by atomic mass is 19.1. The van der Waals surface area contributed by atoms with E-state index in [2.05, 4.69) is 10.3 Å². The maximum Gasteiger partial charge on any atom is 0.151 e. The van der Waals surface area contributed by atoms with E-state index < -0.39 is 0 Å². The molecule has 0 aliphatic carbocycles. The zero-order valence-electron chi connectivity index (χ0n) is 7.83. The highest BCUT2D eigenvalue weighted by molar-refractivity contribution is 5.49. The summed E-state index contributed by atoms with van der Waals surface area (Å²) in [6.45, 7) is 3.37. The van der Waals surface area contributed by atoms with E-state index in [4.69, 9.17) is 5.73 Å². The summed E-state index contributed by atoms with van der Waals surface area (Å²) in [5.41, 5.74) is 5.92. The van der Waals surface area contributed by atoms with E-state index in [9.17, 15) is 4.39 Å². The first kappa shape index (κ1) is 9.21. The van der Waals surface area contributed by atoms with Crippen molar-refractivity contribution in [3.8, 4) is 0 Å². The number of piperazine rings is 1. The summed E-state index contributed by atoms with van der Waals surface area (Å²) in [7, 11) is 0. The quantitative estimate of drug-likeness (QED) is 0.674. The average Bonchev–Trinajstić information content (AvgIpc) is 2.19. The van der Waals surface area contributed by atoms with E-state index in [-0.39, 0.29) is 11.6 Å². The van der Waals surface area contributed by atoms with Crippen molar-refractivity contribution >= 4 is 11.5 Å². The van der Waals surface area contributed by atoms with Crippen LogP contribution in [0.15, 0.2) is 12.3 Å². The van der Waals surface area contributed by atoms with Gasteiger partial charge in [0.2, 0.25) is 0 Å². The molecular formula is C9H13FN4. The minimum atomic E-state index is -0.292. The molecule has 0 atom stereocenters. The van der Waals surface area contributed by atoms with E-state index in [1.165, 1.54) is 12.3 Å². The first-order valence-corrected chi connectivity index (χ1v) is 4.64. The summed E-state index contributed by atoms with van der Waals surface area (Å²) >= 11 is 0. The van der Waals surface area contributed by atoms with Gasteiger partial charge in [-0.3, -0.25) is 0 Å². The molecular weight excluding hydrogens is 183 g/mol. The molecule has 1 aromatic heterocycles. The van der Waals surface area contributed by atoms with E-state index in [0.29, 0.717) is 5.69 Å². The Morgan fingerprint density at radius 1 is 1.43 bits per heavy atom. The fraction of sp³-hybridized carbons (Fsp3) is 0.444. The highest BCUT2D eigenvalue weighted by Gasteiger charge is 2.14. The maximum absolute atomic E-state index is 13.5. The van der Waals surface area contributed by atoms with Gasteiger partial charge in [0.25, 0.3) is 0 Å². The molecule has 0 radical (unpaired) electrons.